The summed E-state index contributed by atoms with van der Waals surface area (Å²) in [6, 6.07) is 3.17. The molecule has 0 radical (unpaired) electrons. The minimum atomic E-state index is -0.537. The van der Waals surface area contributed by atoms with Gasteiger partial charge in [-0.2, -0.15) is 0 Å². The number of nitrogens with zero attached hydrogens (tertiary/aromatic N) is 2. The Morgan fingerprint density at radius 3 is 2.30 bits per heavy atom. The van der Waals surface area contributed by atoms with Crippen molar-refractivity contribution in [2.75, 3.05) is 0 Å². The van der Waals surface area contributed by atoms with Gasteiger partial charge in [-0.15, -0.1) is 0 Å². The lowest BCUT2D eigenvalue weighted by atomic mass is 9.53. The van der Waals surface area contributed by atoms with E-state index < -0.39 is 4.92 Å². The molecule has 5 rings (SSSR count). The number of aryl methyl sites for hydroxylation is 1. The van der Waals surface area contributed by atoms with Crippen molar-refractivity contribution in [3.8, 4) is 5.75 Å². The fourth-order valence-corrected chi connectivity index (χ4v) is 5.45. The fourth-order valence-electron chi connectivity index (χ4n) is 5.45. The number of aliphatic imine (C=N–C) groups is 1. The minimum absolute atomic E-state index is 0.0136. The van der Waals surface area contributed by atoms with Crippen molar-refractivity contribution in [2.24, 2.45) is 22.7 Å². The van der Waals surface area contributed by atoms with Crippen molar-refractivity contribution < 1.29 is 10.0 Å². The lowest BCUT2D eigenvalue weighted by Crippen LogP contribution is -2.49. The van der Waals surface area contributed by atoms with Crippen LogP contribution in [0.2, 0.25) is 0 Å². The van der Waals surface area contributed by atoms with Crippen LogP contribution in [-0.4, -0.2) is 21.8 Å². The highest BCUT2D eigenvalue weighted by atomic mass is 16.6. The zero-order valence-electron chi connectivity index (χ0n) is 13.4. The molecule has 1 aromatic rings. The number of nitro benzene ring substituents is 1. The Labute approximate surface area is 135 Å². The van der Waals surface area contributed by atoms with E-state index in [-0.39, 0.29) is 17.0 Å². The molecule has 0 spiro atoms. The van der Waals surface area contributed by atoms with Crippen molar-refractivity contribution in [3.05, 3.63) is 33.4 Å². The van der Waals surface area contributed by atoms with Crippen molar-refractivity contribution in [1.82, 2.24) is 0 Å². The number of aromatic hydroxyl groups is 1. The third kappa shape index (κ3) is 2.52. The van der Waals surface area contributed by atoms with Gasteiger partial charge in [-0.25, -0.2) is 0 Å². The first-order valence-electron chi connectivity index (χ1n) is 8.47. The van der Waals surface area contributed by atoms with Crippen molar-refractivity contribution >= 4 is 11.9 Å². The van der Waals surface area contributed by atoms with E-state index in [1.165, 1.54) is 25.3 Å². The summed E-state index contributed by atoms with van der Waals surface area (Å²) in [5, 5.41) is 21.2. The molecule has 122 valence electrons. The molecule has 5 nitrogen and oxygen atoms in total. The van der Waals surface area contributed by atoms with Gasteiger partial charge in [0.15, 0.2) is 0 Å². The van der Waals surface area contributed by atoms with Crippen LogP contribution in [-0.2, 0) is 0 Å². The Hall–Kier alpha value is -1.91. The number of rotatable bonds is 3. The minimum Gasteiger partial charge on any atom is -0.502 e. The Morgan fingerprint density at radius 1 is 1.22 bits per heavy atom. The fraction of sp³-hybridized carbons (Fsp3) is 0.611. The molecule has 0 aliphatic heterocycles. The monoisotopic (exact) mass is 314 g/mol. The molecular weight excluding hydrogens is 292 g/mol. The lowest BCUT2D eigenvalue weighted by molar-refractivity contribution is -0.385. The van der Waals surface area contributed by atoms with Crippen LogP contribution in [0.1, 0.15) is 49.7 Å². The third-order valence-corrected chi connectivity index (χ3v) is 5.94. The topological polar surface area (TPSA) is 75.7 Å². The van der Waals surface area contributed by atoms with Crippen LogP contribution in [0.15, 0.2) is 17.1 Å². The molecule has 0 saturated heterocycles. The molecule has 1 N–H and O–H groups in total. The van der Waals surface area contributed by atoms with E-state index in [0.29, 0.717) is 5.56 Å². The van der Waals surface area contributed by atoms with Gasteiger partial charge >= 0.3 is 5.69 Å². The third-order valence-electron chi connectivity index (χ3n) is 5.94. The number of phenols is 1. The van der Waals surface area contributed by atoms with Gasteiger partial charge in [-0.1, -0.05) is 0 Å². The first kappa shape index (κ1) is 14.7. The summed E-state index contributed by atoms with van der Waals surface area (Å²) in [5.41, 5.74) is 1.01. The highest BCUT2D eigenvalue weighted by Gasteiger charge is 2.50. The number of nitro groups is 1. The predicted octanol–water partition coefficient (Wildman–Crippen LogP) is 4.00. The van der Waals surface area contributed by atoms with Gasteiger partial charge < -0.3 is 5.11 Å². The summed E-state index contributed by atoms with van der Waals surface area (Å²) in [6.45, 7) is 1.80. The number of benzene rings is 1. The Morgan fingerprint density at radius 2 is 1.78 bits per heavy atom. The standard InChI is InChI=1S/C18H22N2O3/c1-11-2-15(17(21)16(3-11)20(22)23)10-19-18-7-12-4-13(8-18)6-14(5-12)9-18/h2-3,10,12-14,21H,4-9H2,1H3. The van der Waals surface area contributed by atoms with Crippen LogP contribution in [0, 0.1) is 34.8 Å². The van der Waals surface area contributed by atoms with Crippen LogP contribution < -0.4 is 0 Å². The molecule has 23 heavy (non-hydrogen) atoms. The number of phenolic OH excluding ortho intramolecular Hbond substituents is 1. The van der Waals surface area contributed by atoms with Crippen LogP contribution in [0.5, 0.6) is 5.75 Å². The SMILES string of the molecule is Cc1cc(C=NC23CC4CC(CC(C4)C2)C3)c(O)c([N+](=O)[O-])c1. The van der Waals surface area contributed by atoms with Crippen LogP contribution in [0.3, 0.4) is 0 Å². The molecule has 0 atom stereocenters. The maximum atomic E-state index is 11.1. The van der Waals surface area contributed by atoms with Gasteiger partial charge in [-0.3, -0.25) is 15.1 Å². The van der Waals surface area contributed by atoms with E-state index in [1.807, 2.05) is 0 Å². The van der Waals surface area contributed by atoms with E-state index in [9.17, 15) is 15.2 Å². The van der Waals surface area contributed by atoms with Crippen molar-refractivity contribution in [2.45, 2.75) is 51.0 Å². The summed E-state index contributed by atoms with van der Waals surface area (Å²) >= 11 is 0. The molecule has 4 bridgehead atoms. The molecule has 0 unspecified atom stereocenters. The van der Waals surface area contributed by atoms with Crippen LogP contribution in [0.25, 0.3) is 0 Å². The van der Waals surface area contributed by atoms with Gasteiger partial charge in [0, 0.05) is 17.8 Å². The van der Waals surface area contributed by atoms with E-state index in [2.05, 4.69) is 0 Å². The molecule has 0 heterocycles. The van der Waals surface area contributed by atoms with Gasteiger partial charge in [-0.05, 0) is 74.8 Å². The van der Waals surface area contributed by atoms with Gasteiger partial charge in [0.1, 0.15) is 0 Å². The highest BCUT2D eigenvalue weighted by molar-refractivity contribution is 5.86. The second-order valence-electron chi connectivity index (χ2n) is 7.88. The Balaban J connectivity index is 1.66. The summed E-state index contributed by atoms with van der Waals surface area (Å²) < 4.78 is 0. The number of hydrogen-bond acceptors (Lipinski definition) is 4. The van der Waals surface area contributed by atoms with E-state index in [0.717, 1.165) is 42.6 Å². The normalized spacial score (nSPS) is 35.1. The average molecular weight is 314 g/mol. The van der Waals surface area contributed by atoms with Gasteiger partial charge in [0.25, 0.3) is 0 Å². The Kier molecular flexibility index (Phi) is 3.22. The Bertz CT molecular complexity index is 660. The largest absolute Gasteiger partial charge is 0.502 e. The molecule has 0 amide bonds. The van der Waals surface area contributed by atoms with Gasteiger partial charge in [0.2, 0.25) is 5.75 Å². The molecule has 4 fully saturated rings. The molecule has 0 aromatic heterocycles. The molecule has 1 aromatic carbocycles. The molecule has 4 saturated carbocycles. The first-order valence-corrected chi connectivity index (χ1v) is 8.47. The second kappa shape index (κ2) is 5.05. The van der Waals surface area contributed by atoms with E-state index >= 15 is 0 Å². The lowest BCUT2D eigenvalue weighted by Gasteiger charge is -2.54. The maximum absolute atomic E-state index is 11.1. The summed E-state index contributed by atoms with van der Waals surface area (Å²) in [4.78, 5) is 15.4. The van der Waals surface area contributed by atoms with Crippen molar-refractivity contribution in [3.63, 3.8) is 0 Å². The van der Waals surface area contributed by atoms with E-state index in [4.69, 9.17) is 4.99 Å². The molecule has 5 heteroatoms. The summed E-state index contributed by atoms with van der Waals surface area (Å²) in [6.07, 6.45) is 9.18. The zero-order valence-corrected chi connectivity index (χ0v) is 13.4. The zero-order chi connectivity index (χ0) is 16.2. The average Bonchev–Trinajstić information content (AvgIpc) is 2.46. The van der Waals surface area contributed by atoms with Crippen molar-refractivity contribution in [1.29, 1.82) is 0 Å². The highest BCUT2D eigenvalue weighted by Crippen LogP contribution is 2.57. The first-order chi connectivity index (χ1) is 10.9. The quantitative estimate of drug-likeness (QED) is 0.520. The summed E-state index contributed by atoms with van der Waals surface area (Å²) in [7, 11) is 0. The maximum Gasteiger partial charge on any atom is 0.311 e. The molecule has 4 aliphatic carbocycles. The molecule has 4 aliphatic rings. The van der Waals surface area contributed by atoms with Crippen LogP contribution in [0.4, 0.5) is 5.69 Å². The predicted molar refractivity (Wildman–Crippen MR) is 88.0 cm³/mol. The van der Waals surface area contributed by atoms with Crippen LogP contribution >= 0.6 is 0 Å². The summed E-state index contributed by atoms with van der Waals surface area (Å²) in [5.74, 6) is 2.14. The van der Waals surface area contributed by atoms with Gasteiger partial charge in [0.05, 0.1) is 10.5 Å². The number of hydrogen-bond donors (Lipinski definition) is 1. The smallest absolute Gasteiger partial charge is 0.311 e. The molecular formula is C18H22N2O3. The van der Waals surface area contributed by atoms with E-state index in [1.54, 1.807) is 19.2 Å². The second-order valence-corrected chi connectivity index (χ2v) is 7.88.